The van der Waals surface area contributed by atoms with Gasteiger partial charge in [-0.3, -0.25) is 9.59 Å². The van der Waals surface area contributed by atoms with E-state index in [-0.39, 0.29) is 11.2 Å². The first-order chi connectivity index (χ1) is 9.06. The summed E-state index contributed by atoms with van der Waals surface area (Å²) in [6, 6.07) is 5.02. The van der Waals surface area contributed by atoms with Crippen LogP contribution < -0.4 is 5.43 Å². The van der Waals surface area contributed by atoms with Crippen molar-refractivity contribution < 1.29 is 9.21 Å². The number of benzene rings is 1. The van der Waals surface area contributed by atoms with E-state index in [9.17, 15) is 9.59 Å². The Morgan fingerprint density at radius 1 is 1.37 bits per heavy atom. The van der Waals surface area contributed by atoms with Gasteiger partial charge in [-0.05, 0) is 30.4 Å². The summed E-state index contributed by atoms with van der Waals surface area (Å²) in [7, 11) is 0. The largest absolute Gasteiger partial charge is 0.449 e. The molecule has 1 aromatic carbocycles. The van der Waals surface area contributed by atoms with Crippen LogP contribution in [0.1, 0.15) is 29.8 Å². The van der Waals surface area contributed by atoms with E-state index in [1.54, 1.807) is 12.1 Å². The van der Waals surface area contributed by atoms with Crippen LogP contribution in [0.5, 0.6) is 0 Å². The van der Waals surface area contributed by atoms with Gasteiger partial charge >= 0.3 is 0 Å². The van der Waals surface area contributed by atoms with Crippen molar-refractivity contribution in [2.75, 3.05) is 5.75 Å². The molecule has 100 valence electrons. The van der Waals surface area contributed by atoms with E-state index >= 15 is 0 Å². The highest BCUT2D eigenvalue weighted by atomic mass is 79.9. The number of carbonyl (C=O) groups excluding carboxylic acids is 1. The summed E-state index contributed by atoms with van der Waals surface area (Å²) in [4.78, 5) is 23.8. The number of alkyl halides is 1. The predicted octanol–water partition coefficient (Wildman–Crippen LogP) is 4.00. The van der Waals surface area contributed by atoms with Crippen molar-refractivity contribution >= 4 is 44.4 Å². The van der Waals surface area contributed by atoms with Crippen LogP contribution in [0, 0.1) is 0 Å². The summed E-state index contributed by atoms with van der Waals surface area (Å²) >= 11 is 4.79. The minimum Gasteiger partial charge on any atom is -0.449 e. The Labute approximate surface area is 123 Å². The molecule has 0 amide bonds. The van der Waals surface area contributed by atoms with Gasteiger partial charge in [0.05, 0.1) is 10.9 Å². The van der Waals surface area contributed by atoms with Crippen LogP contribution in [0.4, 0.5) is 0 Å². The molecule has 0 saturated carbocycles. The summed E-state index contributed by atoms with van der Waals surface area (Å²) in [5, 5.41) is 1.60. The Kier molecular flexibility index (Phi) is 4.47. The summed E-state index contributed by atoms with van der Waals surface area (Å²) in [5.41, 5.74) is 1.63. The van der Waals surface area contributed by atoms with E-state index < -0.39 is 0 Å². The smallest absolute Gasteiger partial charge is 0.193 e. The highest BCUT2D eigenvalue weighted by Crippen LogP contribution is 2.25. The lowest BCUT2D eigenvalue weighted by atomic mass is 10.0. The lowest BCUT2D eigenvalue weighted by molar-refractivity contribution is 0.101. The molecule has 2 rings (SSSR count). The zero-order valence-corrected chi connectivity index (χ0v) is 13.1. The molecule has 3 nitrogen and oxygen atoms in total. The molecular weight excluding hydrogens is 328 g/mol. The molecule has 19 heavy (non-hydrogen) atoms. The molecule has 5 heteroatoms. The molecule has 0 saturated heterocycles. The maximum atomic E-state index is 12.1. The molecule has 0 radical (unpaired) electrons. The Hall–Kier alpha value is -1.07. The van der Waals surface area contributed by atoms with Crippen molar-refractivity contribution in [2.24, 2.45) is 0 Å². The lowest BCUT2D eigenvalue weighted by Gasteiger charge is -2.07. The van der Waals surface area contributed by atoms with Crippen LogP contribution in [-0.2, 0) is 5.33 Å². The van der Waals surface area contributed by atoms with Crippen LogP contribution >= 0.6 is 27.7 Å². The normalized spacial score (nSPS) is 10.9. The van der Waals surface area contributed by atoms with Gasteiger partial charge in [0.1, 0.15) is 5.58 Å². The number of ketones is 1. The summed E-state index contributed by atoms with van der Waals surface area (Å²) < 4.78 is 5.70. The minimum absolute atomic E-state index is 0.102. The lowest BCUT2D eigenvalue weighted by Crippen LogP contribution is -2.05. The highest BCUT2D eigenvalue weighted by Gasteiger charge is 2.14. The zero-order valence-electron chi connectivity index (χ0n) is 10.7. The van der Waals surface area contributed by atoms with Crippen molar-refractivity contribution in [3.05, 3.63) is 39.5 Å². The quantitative estimate of drug-likeness (QED) is 0.479. The van der Waals surface area contributed by atoms with Gasteiger partial charge in [0, 0.05) is 11.4 Å². The van der Waals surface area contributed by atoms with E-state index in [0.717, 1.165) is 11.3 Å². The summed E-state index contributed by atoms with van der Waals surface area (Å²) in [6.07, 6.45) is 0. The maximum Gasteiger partial charge on any atom is 0.193 e. The summed E-state index contributed by atoms with van der Waals surface area (Å²) in [5.74, 6) is 0.707. The van der Waals surface area contributed by atoms with Gasteiger partial charge in [-0.15, -0.1) is 0 Å². The van der Waals surface area contributed by atoms with Crippen molar-refractivity contribution in [2.45, 2.75) is 24.3 Å². The van der Waals surface area contributed by atoms with Crippen LogP contribution in [0.3, 0.4) is 0 Å². The highest BCUT2D eigenvalue weighted by molar-refractivity contribution is 9.08. The molecule has 1 aromatic heterocycles. The Bertz CT molecular complexity index is 691. The molecule has 0 spiro atoms. The second kappa shape index (κ2) is 5.92. The first-order valence-corrected chi connectivity index (χ1v) is 7.98. The maximum absolute atomic E-state index is 12.1. The van der Waals surface area contributed by atoms with E-state index in [1.165, 1.54) is 24.8 Å². The van der Waals surface area contributed by atoms with Crippen LogP contribution in [0.2, 0.25) is 0 Å². The van der Waals surface area contributed by atoms with Gasteiger partial charge < -0.3 is 4.42 Å². The average molecular weight is 341 g/mol. The summed E-state index contributed by atoms with van der Waals surface area (Å²) in [6.45, 7) is 3.46. The topological polar surface area (TPSA) is 47.3 Å². The van der Waals surface area contributed by atoms with Crippen LogP contribution in [0.15, 0.2) is 32.5 Å². The molecule has 1 heterocycles. The van der Waals surface area contributed by atoms with Gasteiger partial charge in [-0.2, -0.15) is 0 Å². The van der Waals surface area contributed by atoms with Crippen molar-refractivity contribution in [1.82, 2.24) is 0 Å². The molecule has 0 unspecified atom stereocenters. The Morgan fingerprint density at radius 2 is 2.11 bits per heavy atom. The minimum atomic E-state index is -0.109. The fraction of sp³-hybridized carbons (Fsp3) is 0.286. The second-order valence-corrected chi connectivity index (χ2v) is 5.90. The zero-order chi connectivity index (χ0) is 14.0. The van der Waals surface area contributed by atoms with Crippen LogP contribution in [-0.4, -0.2) is 11.5 Å². The van der Waals surface area contributed by atoms with Gasteiger partial charge in [-0.25, -0.2) is 0 Å². The van der Waals surface area contributed by atoms with Crippen molar-refractivity contribution in [3.63, 3.8) is 0 Å². The number of hydrogen-bond donors (Lipinski definition) is 0. The van der Waals surface area contributed by atoms with E-state index in [0.29, 0.717) is 27.0 Å². The monoisotopic (exact) mass is 340 g/mol. The Morgan fingerprint density at radius 3 is 2.68 bits per heavy atom. The fourth-order valence-electron chi connectivity index (χ4n) is 1.85. The number of halogens is 1. The average Bonchev–Trinajstić information content (AvgIpc) is 2.38. The number of Topliss-reactive ketones (excluding diaryl/α,β-unsaturated/α-hetero) is 1. The first-order valence-electron chi connectivity index (χ1n) is 5.87. The first kappa shape index (κ1) is 14.3. The van der Waals surface area contributed by atoms with Crippen molar-refractivity contribution in [1.29, 1.82) is 0 Å². The predicted molar refractivity (Wildman–Crippen MR) is 81.5 cm³/mol. The number of rotatable bonds is 4. The van der Waals surface area contributed by atoms with Gasteiger partial charge in [0.25, 0.3) is 0 Å². The number of thioether (sulfide) groups is 1. The van der Waals surface area contributed by atoms with E-state index in [4.69, 9.17) is 4.42 Å². The molecule has 0 atom stereocenters. The molecule has 0 bridgehead atoms. The van der Waals surface area contributed by atoms with E-state index in [2.05, 4.69) is 15.9 Å². The molecule has 0 N–H and O–H groups in total. The Balaban J connectivity index is 2.82. The molecular formula is C14H13BrO3S. The van der Waals surface area contributed by atoms with Gasteiger partial charge in [0.15, 0.2) is 16.3 Å². The van der Waals surface area contributed by atoms with Crippen LogP contribution in [0.25, 0.3) is 11.0 Å². The SMILES string of the molecule is CCSc1cc(=O)c2cc(CBr)cc(C(C)=O)c2o1. The van der Waals surface area contributed by atoms with Crippen molar-refractivity contribution in [3.8, 4) is 0 Å². The molecule has 0 aliphatic heterocycles. The molecule has 0 aliphatic rings. The number of carbonyl (C=O) groups is 1. The fourth-order valence-corrected chi connectivity index (χ4v) is 2.79. The standard InChI is InChI=1S/C14H13BrO3S/c1-3-19-13-6-12(17)11-5-9(7-15)4-10(8(2)16)14(11)18-13/h4-6H,3,7H2,1-2H3. The number of fused-ring (bicyclic) bond motifs is 1. The van der Waals surface area contributed by atoms with Gasteiger partial charge in [-0.1, -0.05) is 34.6 Å². The number of hydrogen-bond acceptors (Lipinski definition) is 4. The van der Waals surface area contributed by atoms with E-state index in [1.807, 2.05) is 6.92 Å². The molecule has 0 aliphatic carbocycles. The third-order valence-electron chi connectivity index (χ3n) is 2.69. The molecule has 0 fully saturated rings. The third-order valence-corrected chi connectivity index (χ3v) is 4.11. The third kappa shape index (κ3) is 2.92. The molecule has 2 aromatic rings. The van der Waals surface area contributed by atoms with Gasteiger partial charge in [0.2, 0.25) is 0 Å². The second-order valence-electron chi connectivity index (χ2n) is 4.07.